The van der Waals surface area contributed by atoms with Gasteiger partial charge in [-0.15, -0.1) is 0 Å². The Hall–Kier alpha value is -2.41. The lowest BCUT2D eigenvalue weighted by molar-refractivity contribution is 0.947. The molecule has 2 rings (SSSR count). The number of aromatic nitrogens is 2. The summed E-state index contributed by atoms with van der Waals surface area (Å²) in [6.07, 6.45) is 3.64. The zero-order valence-corrected chi connectivity index (χ0v) is 12.3. The van der Waals surface area contributed by atoms with Gasteiger partial charge < -0.3 is 4.90 Å². The molecule has 2 aromatic rings. The molecular formula is C16H18N4. The van der Waals surface area contributed by atoms with Gasteiger partial charge in [0, 0.05) is 25.0 Å². The topological polar surface area (TPSA) is 52.8 Å². The normalized spacial score (nSPS) is 10.2. The summed E-state index contributed by atoms with van der Waals surface area (Å²) in [5, 5.41) is 8.68. The molecule has 0 N–H and O–H groups in total. The van der Waals surface area contributed by atoms with Crippen LogP contribution in [0.2, 0.25) is 0 Å². The summed E-state index contributed by atoms with van der Waals surface area (Å²) < 4.78 is 0. The smallest absolute Gasteiger partial charge is 0.225 e. The van der Waals surface area contributed by atoms with Crippen LogP contribution in [0.1, 0.15) is 16.7 Å². The highest BCUT2D eigenvalue weighted by molar-refractivity contribution is 5.70. The first kappa shape index (κ1) is 14.0. The van der Waals surface area contributed by atoms with Crippen LogP contribution in [0.3, 0.4) is 0 Å². The van der Waals surface area contributed by atoms with Crippen LogP contribution in [-0.2, 0) is 0 Å². The second-order valence-electron chi connectivity index (χ2n) is 5.06. The second kappa shape index (κ2) is 5.70. The van der Waals surface area contributed by atoms with Gasteiger partial charge in [-0.05, 0) is 37.5 Å². The number of hydrogen-bond donors (Lipinski definition) is 0. The third-order valence-electron chi connectivity index (χ3n) is 3.25. The average Bonchev–Trinajstić information content (AvgIpc) is 2.38. The first-order valence-electron chi connectivity index (χ1n) is 6.51. The Bertz CT molecular complexity index is 630. The fraction of sp³-hybridized carbons (Fsp3) is 0.312. The van der Waals surface area contributed by atoms with E-state index in [1.807, 2.05) is 12.4 Å². The minimum atomic E-state index is 0.280. The molecule has 0 bridgehead atoms. The van der Waals surface area contributed by atoms with E-state index in [-0.39, 0.29) is 6.54 Å². The molecule has 0 aliphatic carbocycles. The Morgan fingerprint density at radius 2 is 1.65 bits per heavy atom. The maximum absolute atomic E-state index is 8.68. The molecule has 0 aliphatic rings. The van der Waals surface area contributed by atoms with Crippen molar-refractivity contribution in [1.82, 2.24) is 9.97 Å². The van der Waals surface area contributed by atoms with E-state index >= 15 is 0 Å². The van der Waals surface area contributed by atoms with Gasteiger partial charge in [0.15, 0.2) is 0 Å². The monoisotopic (exact) mass is 266 g/mol. The Morgan fingerprint density at radius 3 is 2.15 bits per heavy atom. The van der Waals surface area contributed by atoms with Crippen LogP contribution in [0.25, 0.3) is 11.1 Å². The van der Waals surface area contributed by atoms with Crippen molar-refractivity contribution in [2.24, 2.45) is 0 Å². The molecule has 0 radical (unpaired) electrons. The first-order valence-corrected chi connectivity index (χ1v) is 6.51. The van der Waals surface area contributed by atoms with Crippen LogP contribution >= 0.6 is 0 Å². The summed E-state index contributed by atoms with van der Waals surface area (Å²) >= 11 is 0. The van der Waals surface area contributed by atoms with Crippen LogP contribution in [0.4, 0.5) is 5.95 Å². The lowest BCUT2D eigenvalue weighted by atomic mass is 9.96. The number of hydrogen-bond acceptors (Lipinski definition) is 4. The molecule has 0 spiro atoms. The minimum Gasteiger partial charge on any atom is -0.331 e. The van der Waals surface area contributed by atoms with E-state index in [0.717, 1.165) is 5.56 Å². The van der Waals surface area contributed by atoms with E-state index in [1.54, 1.807) is 11.9 Å². The fourth-order valence-corrected chi connectivity index (χ4v) is 2.46. The molecule has 4 nitrogen and oxygen atoms in total. The largest absolute Gasteiger partial charge is 0.331 e. The Kier molecular flexibility index (Phi) is 3.99. The highest BCUT2D eigenvalue weighted by Gasteiger charge is 2.09. The second-order valence-corrected chi connectivity index (χ2v) is 5.06. The van der Waals surface area contributed by atoms with Gasteiger partial charge in [-0.1, -0.05) is 17.7 Å². The number of rotatable bonds is 3. The van der Waals surface area contributed by atoms with Crippen molar-refractivity contribution in [3.8, 4) is 17.2 Å². The number of anilines is 1. The van der Waals surface area contributed by atoms with Crippen molar-refractivity contribution in [3.63, 3.8) is 0 Å². The van der Waals surface area contributed by atoms with Gasteiger partial charge in [-0.2, -0.15) is 5.26 Å². The number of aryl methyl sites for hydroxylation is 3. The molecule has 0 aliphatic heterocycles. The van der Waals surface area contributed by atoms with Gasteiger partial charge in [-0.25, -0.2) is 9.97 Å². The first-order chi connectivity index (χ1) is 9.52. The average molecular weight is 266 g/mol. The lowest BCUT2D eigenvalue weighted by Gasteiger charge is -2.14. The summed E-state index contributed by atoms with van der Waals surface area (Å²) in [7, 11) is 1.81. The van der Waals surface area contributed by atoms with Crippen molar-refractivity contribution >= 4 is 5.95 Å². The zero-order valence-electron chi connectivity index (χ0n) is 12.3. The van der Waals surface area contributed by atoms with Gasteiger partial charge in [0.05, 0.1) is 6.07 Å². The van der Waals surface area contributed by atoms with Crippen LogP contribution in [0, 0.1) is 32.1 Å². The van der Waals surface area contributed by atoms with Crippen LogP contribution < -0.4 is 4.90 Å². The van der Waals surface area contributed by atoms with Gasteiger partial charge in [0.2, 0.25) is 5.95 Å². The van der Waals surface area contributed by atoms with Gasteiger partial charge in [0.1, 0.15) is 6.54 Å². The van der Waals surface area contributed by atoms with Crippen LogP contribution in [0.15, 0.2) is 24.5 Å². The van der Waals surface area contributed by atoms with Crippen LogP contribution in [0.5, 0.6) is 0 Å². The third kappa shape index (κ3) is 2.77. The van der Waals surface area contributed by atoms with Crippen molar-refractivity contribution < 1.29 is 0 Å². The SMILES string of the molecule is Cc1cc(C)c(-c2cnc(N(C)CC#N)nc2)c(C)c1. The predicted molar refractivity (Wildman–Crippen MR) is 80.6 cm³/mol. The molecule has 1 aromatic carbocycles. The molecule has 4 heteroatoms. The molecule has 20 heavy (non-hydrogen) atoms. The van der Waals surface area contributed by atoms with E-state index in [9.17, 15) is 0 Å². The van der Waals surface area contributed by atoms with Gasteiger partial charge in [-0.3, -0.25) is 0 Å². The molecule has 0 amide bonds. The predicted octanol–water partition coefficient (Wildman–Crippen LogP) is 3.03. The zero-order chi connectivity index (χ0) is 14.7. The summed E-state index contributed by atoms with van der Waals surface area (Å²) in [6.45, 7) is 6.58. The fourth-order valence-electron chi connectivity index (χ4n) is 2.46. The Balaban J connectivity index is 2.38. The molecular weight excluding hydrogens is 248 g/mol. The van der Waals surface area contributed by atoms with Crippen molar-refractivity contribution in [1.29, 1.82) is 5.26 Å². The van der Waals surface area contributed by atoms with E-state index < -0.39 is 0 Å². The molecule has 1 heterocycles. The molecule has 0 unspecified atom stereocenters. The highest BCUT2D eigenvalue weighted by atomic mass is 15.2. The summed E-state index contributed by atoms with van der Waals surface area (Å²) in [6, 6.07) is 6.41. The maximum Gasteiger partial charge on any atom is 0.225 e. The molecule has 0 saturated heterocycles. The van der Waals surface area contributed by atoms with E-state index in [4.69, 9.17) is 5.26 Å². The Labute approximate surface area is 119 Å². The molecule has 0 saturated carbocycles. The standard InChI is InChI=1S/C16H18N4/c1-11-7-12(2)15(13(3)8-11)14-9-18-16(19-10-14)20(4)6-5-17/h7-10H,6H2,1-4H3. The third-order valence-corrected chi connectivity index (χ3v) is 3.25. The van der Waals surface area contributed by atoms with Crippen molar-refractivity contribution in [3.05, 3.63) is 41.2 Å². The summed E-state index contributed by atoms with van der Waals surface area (Å²) in [5.41, 5.74) is 5.91. The summed E-state index contributed by atoms with van der Waals surface area (Å²) in [5.74, 6) is 0.567. The Morgan fingerprint density at radius 1 is 1.10 bits per heavy atom. The minimum absolute atomic E-state index is 0.280. The van der Waals surface area contributed by atoms with Crippen LogP contribution in [-0.4, -0.2) is 23.6 Å². The summed E-state index contributed by atoms with van der Waals surface area (Å²) in [4.78, 5) is 10.4. The molecule has 0 atom stereocenters. The van der Waals surface area contributed by atoms with E-state index in [1.165, 1.54) is 22.3 Å². The number of benzene rings is 1. The van der Waals surface area contributed by atoms with Crippen molar-refractivity contribution in [2.75, 3.05) is 18.5 Å². The van der Waals surface area contributed by atoms with Gasteiger partial charge >= 0.3 is 0 Å². The van der Waals surface area contributed by atoms with Gasteiger partial charge in [0.25, 0.3) is 0 Å². The maximum atomic E-state index is 8.68. The highest BCUT2D eigenvalue weighted by Crippen LogP contribution is 2.27. The molecule has 0 fully saturated rings. The van der Waals surface area contributed by atoms with Crippen molar-refractivity contribution in [2.45, 2.75) is 20.8 Å². The molecule has 102 valence electrons. The van der Waals surface area contributed by atoms with E-state index in [2.05, 4.69) is 48.9 Å². The van der Waals surface area contributed by atoms with E-state index in [0.29, 0.717) is 5.95 Å². The lowest BCUT2D eigenvalue weighted by Crippen LogP contribution is -2.19. The number of nitrogens with zero attached hydrogens (tertiary/aromatic N) is 4. The number of nitriles is 1. The quantitative estimate of drug-likeness (QED) is 0.801. The molecule has 1 aromatic heterocycles.